The van der Waals surface area contributed by atoms with E-state index in [0.29, 0.717) is 18.0 Å². The quantitative estimate of drug-likeness (QED) is 0.767. The number of ether oxygens (including phenoxy) is 1. The maximum Gasteiger partial charge on any atom is 0.0589 e. The van der Waals surface area contributed by atoms with Crippen molar-refractivity contribution >= 4 is 0 Å². The Balaban J connectivity index is 2.50. The van der Waals surface area contributed by atoms with Crippen molar-refractivity contribution in [3.8, 4) is 0 Å². The molecule has 1 saturated carbocycles. The summed E-state index contributed by atoms with van der Waals surface area (Å²) in [5, 5.41) is 0. The second-order valence-corrected chi connectivity index (χ2v) is 5.18. The molecule has 0 aromatic rings. The number of nitrogens with zero attached hydrogens (tertiary/aromatic N) is 1. The van der Waals surface area contributed by atoms with E-state index >= 15 is 0 Å². The summed E-state index contributed by atoms with van der Waals surface area (Å²) in [6, 6.07) is 0.849. The fraction of sp³-hybridized carbons (Fsp3) is 1.00. The molecular formula is C12H26N2O. The zero-order valence-corrected chi connectivity index (χ0v) is 10.6. The van der Waals surface area contributed by atoms with E-state index in [2.05, 4.69) is 25.8 Å². The number of methoxy groups -OCH3 is 1. The van der Waals surface area contributed by atoms with Crippen LogP contribution in [0, 0.1) is 11.8 Å². The fourth-order valence-corrected chi connectivity index (χ4v) is 3.04. The first-order chi connectivity index (χ1) is 7.06. The molecule has 1 aliphatic carbocycles. The van der Waals surface area contributed by atoms with Crippen LogP contribution in [-0.2, 0) is 4.74 Å². The van der Waals surface area contributed by atoms with Crippen molar-refractivity contribution in [2.24, 2.45) is 17.6 Å². The first-order valence-corrected chi connectivity index (χ1v) is 6.01. The van der Waals surface area contributed by atoms with E-state index in [1.807, 2.05) is 0 Å². The molecule has 0 aromatic carbocycles. The molecule has 0 amide bonds. The third-order valence-corrected chi connectivity index (χ3v) is 3.63. The lowest BCUT2D eigenvalue weighted by atomic mass is 9.76. The molecule has 15 heavy (non-hydrogen) atoms. The van der Waals surface area contributed by atoms with Gasteiger partial charge in [-0.1, -0.05) is 13.8 Å². The molecule has 1 fully saturated rings. The number of nitrogens with two attached hydrogens (primary N) is 1. The van der Waals surface area contributed by atoms with Crippen molar-refractivity contribution in [3.63, 3.8) is 0 Å². The molecule has 1 aliphatic rings. The van der Waals surface area contributed by atoms with Crippen molar-refractivity contribution in [1.82, 2.24) is 4.90 Å². The van der Waals surface area contributed by atoms with Crippen LogP contribution in [0.1, 0.15) is 26.7 Å². The van der Waals surface area contributed by atoms with E-state index in [4.69, 9.17) is 10.5 Å². The second-order valence-electron chi connectivity index (χ2n) is 5.18. The van der Waals surface area contributed by atoms with Crippen LogP contribution in [-0.4, -0.2) is 44.3 Å². The fourth-order valence-electron chi connectivity index (χ4n) is 3.04. The van der Waals surface area contributed by atoms with Crippen LogP contribution in [0.2, 0.25) is 0 Å². The molecule has 0 spiro atoms. The summed E-state index contributed by atoms with van der Waals surface area (Å²) in [6.45, 7) is 6.40. The molecule has 1 rings (SSSR count). The summed E-state index contributed by atoms with van der Waals surface area (Å²) in [5.74, 6) is 1.48. The predicted octanol–water partition coefficient (Wildman–Crippen LogP) is 1.33. The van der Waals surface area contributed by atoms with Gasteiger partial charge in [0, 0.05) is 25.7 Å². The molecule has 3 nitrogen and oxygen atoms in total. The molecule has 0 heterocycles. The van der Waals surface area contributed by atoms with Crippen LogP contribution >= 0.6 is 0 Å². The Labute approximate surface area is 94.0 Å². The topological polar surface area (TPSA) is 38.5 Å². The van der Waals surface area contributed by atoms with Crippen molar-refractivity contribution in [3.05, 3.63) is 0 Å². The van der Waals surface area contributed by atoms with Gasteiger partial charge in [0.05, 0.1) is 6.61 Å². The van der Waals surface area contributed by atoms with Gasteiger partial charge in [-0.15, -0.1) is 0 Å². The average molecular weight is 214 g/mol. The lowest BCUT2D eigenvalue weighted by molar-refractivity contribution is 0.0709. The molecule has 0 bridgehead atoms. The minimum Gasteiger partial charge on any atom is -0.383 e. The molecule has 2 N–H and O–H groups in total. The predicted molar refractivity (Wildman–Crippen MR) is 63.8 cm³/mol. The molecule has 0 radical (unpaired) electrons. The van der Waals surface area contributed by atoms with Gasteiger partial charge in [0.25, 0.3) is 0 Å². The van der Waals surface area contributed by atoms with Crippen molar-refractivity contribution in [2.45, 2.75) is 38.8 Å². The molecule has 4 unspecified atom stereocenters. The minimum atomic E-state index is 0.325. The first-order valence-electron chi connectivity index (χ1n) is 6.01. The average Bonchev–Trinajstić information content (AvgIpc) is 2.12. The van der Waals surface area contributed by atoms with E-state index in [9.17, 15) is 0 Å². The van der Waals surface area contributed by atoms with Crippen LogP contribution in [0.3, 0.4) is 0 Å². The second kappa shape index (κ2) is 5.83. The molecule has 4 atom stereocenters. The van der Waals surface area contributed by atoms with E-state index < -0.39 is 0 Å². The van der Waals surface area contributed by atoms with Crippen LogP contribution < -0.4 is 5.73 Å². The van der Waals surface area contributed by atoms with Crippen LogP contribution in [0.25, 0.3) is 0 Å². The maximum atomic E-state index is 6.25. The first kappa shape index (κ1) is 12.9. The highest BCUT2D eigenvalue weighted by Gasteiger charge is 2.33. The molecular weight excluding hydrogens is 188 g/mol. The summed E-state index contributed by atoms with van der Waals surface area (Å²) < 4.78 is 5.11. The Morgan fingerprint density at radius 2 is 2.00 bits per heavy atom. The maximum absolute atomic E-state index is 6.25. The highest BCUT2D eigenvalue weighted by Crippen LogP contribution is 2.30. The highest BCUT2D eigenvalue weighted by atomic mass is 16.5. The van der Waals surface area contributed by atoms with Crippen LogP contribution in [0.4, 0.5) is 0 Å². The summed E-state index contributed by atoms with van der Waals surface area (Å²) in [4.78, 5) is 2.37. The van der Waals surface area contributed by atoms with Crippen LogP contribution in [0.5, 0.6) is 0 Å². The van der Waals surface area contributed by atoms with Gasteiger partial charge >= 0.3 is 0 Å². The molecule has 0 saturated heterocycles. The van der Waals surface area contributed by atoms with E-state index in [1.165, 1.54) is 6.42 Å². The summed E-state index contributed by atoms with van der Waals surface area (Å²) in [5.41, 5.74) is 6.25. The Morgan fingerprint density at radius 3 is 2.53 bits per heavy atom. The number of rotatable bonds is 4. The summed E-state index contributed by atoms with van der Waals surface area (Å²) in [6.07, 6.45) is 2.46. The van der Waals surface area contributed by atoms with Gasteiger partial charge in [-0.25, -0.2) is 0 Å². The lowest BCUT2D eigenvalue weighted by Gasteiger charge is -2.42. The Morgan fingerprint density at radius 1 is 1.33 bits per heavy atom. The minimum absolute atomic E-state index is 0.325. The SMILES string of the molecule is COCCN(C)C1C(C)CC(C)CC1N. The van der Waals surface area contributed by atoms with Gasteiger partial charge in [0.2, 0.25) is 0 Å². The van der Waals surface area contributed by atoms with E-state index in [0.717, 1.165) is 25.5 Å². The van der Waals surface area contributed by atoms with Gasteiger partial charge in [0.15, 0.2) is 0 Å². The van der Waals surface area contributed by atoms with Crippen molar-refractivity contribution in [2.75, 3.05) is 27.3 Å². The third kappa shape index (κ3) is 3.44. The largest absolute Gasteiger partial charge is 0.383 e. The van der Waals surface area contributed by atoms with Gasteiger partial charge in [-0.2, -0.15) is 0 Å². The summed E-state index contributed by atoms with van der Waals surface area (Å²) in [7, 11) is 3.91. The molecule has 0 aromatic heterocycles. The molecule has 0 aliphatic heterocycles. The lowest BCUT2D eigenvalue weighted by Crippen LogP contribution is -2.54. The number of hydrogen-bond acceptors (Lipinski definition) is 3. The highest BCUT2D eigenvalue weighted by molar-refractivity contribution is 4.91. The zero-order chi connectivity index (χ0) is 11.4. The normalized spacial score (nSPS) is 37.2. The monoisotopic (exact) mass is 214 g/mol. The van der Waals surface area contributed by atoms with Gasteiger partial charge < -0.3 is 10.5 Å². The standard InChI is InChI=1S/C12H26N2O/c1-9-7-10(2)12(11(13)8-9)14(3)5-6-15-4/h9-12H,5-8,13H2,1-4H3. The molecule has 3 heteroatoms. The van der Waals surface area contributed by atoms with E-state index in [-0.39, 0.29) is 0 Å². The van der Waals surface area contributed by atoms with Gasteiger partial charge in [-0.3, -0.25) is 4.90 Å². The van der Waals surface area contributed by atoms with Crippen molar-refractivity contribution in [1.29, 1.82) is 0 Å². The Bertz CT molecular complexity index is 174. The summed E-state index contributed by atoms with van der Waals surface area (Å²) >= 11 is 0. The smallest absolute Gasteiger partial charge is 0.0589 e. The van der Waals surface area contributed by atoms with Gasteiger partial charge in [0.1, 0.15) is 0 Å². The van der Waals surface area contributed by atoms with E-state index in [1.54, 1.807) is 7.11 Å². The third-order valence-electron chi connectivity index (χ3n) is 3.63. The van der Waals surface area contributed by atoms with Crippen LogP contribution in [0.15, 0.2) is 0 Å². The number of likely N-dealkylation sites (N-methyl/N-ethyl adjacent to an activating group) is 1. The Hall–Kier alpha value is -0.120. The van der Waals surface area contributed by atoms with Gasteiger partial charge in [-0.05, 0) is 31.7 Å². The molecule has 90 valence electrons. The number of hydrogen-bond donors (Lipinski definition) is 1. The Kier molecular flexibility index (Phi) is 5.03. The zero-order valence-electron chi connectivity index (χ0n) is 10.6. The van der Waals surface area contributed by atoms with Crippen molar-refractivity contribution < 1.29 is 4.74 Å².